The molecule has 4 nitrogen and oxygen atoms in total. The average Bonchev–Trinajstić information content (AvgIpc) is 2.94. The number of H-pyrrole nitrogens is 1. The lowest BCUT2D eigenvalue weighted by molar-refractivity contribution is 0.102. The maximum absolute atomic E-state index is 12.2. The lowest BCUT2D eigenvalue weighted by atomic mass is 10.1. The summed E-state index contributed by atoms with van der Waals surface area (Å²) in [7, 11) is 0. The van der Waals surface area contributed by atoms with Crippen molar-refractivity contribution in [3.8, 4) is 0 Å². The van der Waals surface area contributed by atoms with Crippen LogP contribution < -0.4 is 5.32 Å². The summed E-state index contributed by atoms with van der Waals surface area (Å²) in [5.74, 6) is -0.146. The highest BCUT2D eigenvalue weighted by atomic mass is 79.9. The summed E-state index contributed by atoms with van der Waals surface area (Å²) in [4.78, 5) is 19.6. The van der Waals surface area contributed by atoms with Crippen LogP contribution >= 0.6 is 27.3 Å². The molecule has 2 aromatic heterocycles. The zero-order chi connectivity index (χ0) is 14.3. The molecular weight excluding hydrogens is 338 g/mol. The average molecular weight is 350 g/mol. The molecule has 1 aromatic carbocycles. The highest BCUT2D eigenvalue weighted by Gasteiger charge is 2.11. The summed E-state index contributed by atoms with van der Waals surface area (Å²) in [5, 5.41) is 4.46. The lowest BCUT2D eigenvalue weighted by Gasteiger charge is -2.02. The summed E-state index contributed by atoms with van der Waals surface area (Å²) >= 11 is 4.71. The van der Waals surface area contributed by atoms with Crippen molar-refractivity contribution in [3.63, 3.8) is 0 Å². The van der Waals surface area contributed by atoms with Gasteiger partial charge in [0.05, 0.1) is 9.98 Å². The van der Waals surface area contributed by atoms with Crippen LogP contribution in [-0.2, 0) is 0 Å². The molecule has 0 unspecified atom stereocenters. The van der Waals surface area contributed by atoms with E-state index in [9.17, 15) is 4.79 Å². The second kappa shape index (κ2) is 5.03. The summed E-state index contributed by atoms with van der Waals surface area (Å²) in [5.41, 5.74) is 3.98. The van der Waals surface area contributed by atoms with Gasteiger partial charge < -0.3 is 4.98 Å². The Labute approximate surface area is 128 Å². The Balaban J connectivity index is 1.93. The van der Waals surface area contributed by atoms with Crippen molar-refractivity contribution < 1.29 is 4.79 Å². The second-order valence-electron chi connectivity index (χ2n) is 4.56. The molecule has 0 saturated carbocycles. The molecule has 102 valence electrons. The molecule has 0 aliphatic rings. The number of hydrogen-bond donors (Lipinski definition) is 2. The van der Waals surface area contributed by atoms with Crippen LogP contribution in [0.2, 0.25) is 0 Å². The van der Waals surface area contributed by atoms with Gasteiger partial charge in [0, 0.05) is 22.2 Å². The number of benzene rings is 1. The van der Waals surface area contributed by atoms with Crippen molar-refractivity contribution in [1.29, 1.82) is 0 Å². The number of aromatic amines is 1. The number of carbonyl (C=O) groups is 1. The largest absolute Gasteiger partial charge is 0.358 e. The monoisotopic (exact) mass is 349 g/mol. The third-order valence-corrected chi connectivity index (χ3v) is 4.66. The standard InChI is InChI=1S/C14H12BrN3OS/c1-7-8(2)17-11-4-3-9(5-10(7)11)13(19)18-14-16-6-12(15)20-14/h3-6,17H,1-2H3,(H,16,18,19). The van der Waals surface area contributed by atoms with Gasteiger partial charge in [-0.1, -0.05) is 11.3 Å². The van der Waals surface area contributed by atoms with E-state index < -0.39 is 0 Å². The van der Waals surface area contributed by atoms with E-state index in [-0.39, 0.29) is 5.91 Å². The minimum absolute atomic E-state index is 0.146. The van der Waals surface area contributed by atoms with Gasteiger partial charge in [0.2, 0.25) is 0 Å². The number of nitrogens with zero attached hydrogens (tertiary/aromatic N) is 1. The van der Waals surface area contributed by atoms with E-state index >= 15 is 0 Å². The summed E-state index contributed by atoms with van der Waals surface area (Å²) < 4.78 is 0.889. The maximum Gasteiger partial charge on any atom is 0.257 e. The fraction of sp³-hybridized carbons (Fsp3) is 0.143. The number of fused-ring (bicyclic) bond motifs is 1. The van der Waals surface area contributed by atoms with Crippen LogP contribution in [0.25, 0.3) is 10.9 Å². The zero-order valence-corrected chi connectivity index (χ0v) is 13.4. The number of carbonyl (C=O) groups excluding carboxylic acids is 1. The molecule has 6 heteroatoms. The number of amides is 1. The minimum atomic E-state index is -0.146. The quantitative estimate of drug-likeness (QED) is 0.726. The third kappa shape index (κ3) is 2.36. The topological polar surface area (TPSA) is 57.8 Å². The van der Waals surface area contributed by atoms with Crippen molar-refractivity contribution in [1.82, 2.24) is 9.97 Å². The van der Waals surface area contributed by atoms with Gasteiger partial charge in [0.15, 0.2) is 5.13 Å². The number of nitrogens with one attached hydrogen (secondary N) is 2. The number of halogens is 1. The minimum Gasteiger partial charge on any atom is -0.358 e. The molecule has 0 aliphatic carbocycles. The first-order chi connectivity index (χ1) is 9.54. The number of aromatic nitrogens is 2. The molecule has 1 amide bonds. The van der Waals surface area contributed by atoms with Gasteiger partial charge in [-0.3, -0.25) is 10.1 Å². The van der Waals surface area contributed by atoms with Gasteiger partial charge in [0.1, 0.15) is 0 Å². The SMILES string of the molecule is Cc1[nH]c2ccc(C(=O)Nc3ncc(Br)s3)cc2c1C. The highest BCUT2D eigenvalue weighted by molar-refractivity contribution is 9.11. The normalized spacial score (nSPS) is 10.9. The first-order valence-corrected chi connectivity index (χ1v) is 7.67. The Hall–Kier alpha value is -1.66. The van der Waals surface area contributed by atoms with Crippen LogP contribution in [0.3, 0.4) is 0 Å². The molecule has 0 atom stereocenters. The molecule has 2 N–H and O–H groups in total. The van der Waals surface area contributed by atoms with E-state index in [1.165, 1.54) is 16.9 Å². The Kier molecular flexibility index (Phi) is 3.35. The smallest absolute Gasteiger partial charge is 0.257 e. The van der Waals surface area contributed by atoms with Gasteiger partial charge in [-0.15, -0.1) is 0 Å². The van der Waals surface area contributed by atoms with Crippen molar-refractivity contribution >= 4 is 49.2 Å². The van der Waals surface area contributed by atoms with Gasteiger partial charge in [0.25, 0.3) is 5.91 Å². The Morgan fingerprint density at radius 2 is 2.20 bits per heavy atom. The van der Waals surface area contributed by atoms with Crippen LogP contribution in [0.15, 0.2) is 28.2 Å². The van der Waals surface area contributed by atoms with Crippen molar-refractivity contribution in [2.24, 2.45) is 0 Å². The molecule has 0 aliphatic heterocycles. The lowest BCUT2D eigenvalue weighted by Crippen LogP contribution is -2.11. The molecule has 0 fully saturated rings. The number of thiazole rings is 1. The number of hydrogen-bond acceptors (Lipinski definition) is 3. The molecule has 20 heavy (non-hydrogen) atoms. The van der Waals surface area contributed by atoms with Gasteiger partial charge in [-0.05, 0) is 53.5 Å². The Bertz CT molecular complexity index is 806. The van der Waals surface area contributed by atoms with E-state index in [1.54, 1.807) is 6.20 Å². The van der Waals surface area contributed by atoms with Crippen molar-refractivity contribution in [2.75, 3.05) is 5.32 Å². The Morgan fingerprint density at radius 3 is 2.90 bits per heavy atom. The molecule has 3 rings (SSSR count). The van der Waals surface area contributed by atoms with Gasteiger partial charge in [-0.2, -0.15) is 0 Å². The van der Waals surface area contributed by atoms with E-state index in [4.69, 9.17) is 0 Å². The highest BCUT2D eigenvalue weighted by Crippen LogP contribution is 2.25. The van der Waals surface area contributed by atoms with Gasteiger partial charge >= 0.3 is 0 Å². The first-order valence-electron chi connectivity index (χ1n) is 6.06. The molecule has 0 radical (unpaired) electrons. The fourth-order valence-corrected chi connectivity index (χ4v) is 3.19. The van der Waals surface area contributed by atoms with Crippen molar-refractivity contribution in [2.45, 2.75) is 13.8 Å². The first kappa shape index (κ1) is 13.3. The number of anilines is 1. The van der Waals surface area contributed by atoms with Crippen LogP contribution in [-0.4, -0.2) is 15.9 Å². The van der Waals surface area contributed by atoms with Crippen LogP contribution in [0.1, 0.15) is 21.6 Å². The zero-order valence-electron chi connectivity index (χ0n) is 11.0. The summed E-state index contributed by atoms with van der Waals surface area (Å²) in [6, 6.07) is 5.66. The maximum atomic E-state index is 12.2. The van der Waals surface area contributed by atoms with Crippen LogP contribution in [0.4, 0.5) is 5.13 Å². The molecule has 0 spiro atoms. The predicted octanol–water partition coefficient (Wildman–Crippen LogP) is 4.26. The van der Waals surface area contributed by atoms with E-state index in [1.807, 2.05) is 32.0 Å². The summed E-state index contributed by atoms with van der Waals surface area (Å²) in [6.07, 6.45) is 1.67. The van der Waals surface area contributed by atoms with Crippen LogP contribution in [0.5, 0.6) is 0 Å². The van der Waals surface area contributed by atoms with Crippen molar-refractivity contribution in [3.05, 3.63) is 45.0 Å². The molecule has 2 heterocycles. The number of rotatable bonds is 2. The number of aryl methyl sites for hydroxylation is 2. The Morgan fingerprint density at radius 1 is 1.40 bits per heavy atom. The molecule has 0 bridgehead atoms. The molecule has 0 saturated heterocycles. The van der Waals surface area contributed by atoms with Crippen LogP contribution in [0, 0.1) is 13.8 Å². The second-order valence-corrected chi connectivity index (χ2v) is 6.97. The van der Waals surface area contributed by atoms with E-state index in [0.717, 1.165) is 20.4 Å². The predicted molar refractivity (Wildman–Crippen MR) is 85.5 cm³/mol. The molecule has 3 aromatic rings. The molecular formula is C14H12BrN3OS. The summed E-state index contributed by atoms with van der Waals surface area (Å²) in [6.45, 7) is 4.08. The van der Waals surface area contributed by atoms with E-state index in [0.29, 0.717) is 10.7 Å². The van der Waals surface area contributed by atoms with Gasteiger partial charge in [-0.25, -0.2) is 4.98 Å². The fourth-order valence-electron chi connectivity index (χ4n) is 2.08. The van der Waals surface area contributed by atoms with E-state index in [2.05, 4.69) is 31.2 Å². The third-order valence-electron chi connectivity index (χ3n) is 3.27.